The van der Waals surface area contributed by atoms with Crippen molar-refractivity contribution in [2.24, 2.45) is 0 Å². The van der Waals surface area contributed by atoms with E-state index in [1.165, 1.54) is 41.2 Å². The van der Waals surface area contributed by atoms with Gasteiger partial charge in [0, 0.05) is 24.3 Å². The van der Waals surface area contributed by atoms with Crippen molar-refractivity contribution in [3.8, 4) is 5.75 Å². The number of hydrogen-bond donors (Lipinski definition) is 0. The van der Waals surface area contributed by atoms with Crippen LogP contribution in [0.4, 0.5) is 11.4 Å². The summed E-state index contributed by atoms with van der Waals surface area (Å²) >= 11 is 5.85. The molecule has 8 heteroatoms. The number of sulfonamides is 1. The van der Waals surface area contributed by atoms with Crippen LogP contribution in [0, 0.1) is 0 Å². The molecule has 1 amide bonds. The minimum Gasteiger partial charge on any atom is -0.484 e. The summed E-state index contributed by atoms with van der Waals surface area (Å²) in [5.41, 5.74) is 2.58. The Kier molecular flexibility index (Phi) is 6.39. The number of carbonyl (C=O) groups excluding carboxylic acids is 1. The van der Waals surface area contributed by atoms with Gasteiger partial charge in [-0.25, -0.2) is 8.42 Å². The molecule has 0 saturated heterocycles. The quantitative estimate of drug-likeness (QED) is 0.531. The molecule has 166 valence electrons. The molecule has 0 radical (unpaired) electrons. The van der Waals surface area contributed by atoms with Gasteiger partial charge in [-0.2, -0.15) is 0 Å². The molecule has 0 N–H and O–H groups in total. The molecule has 0 aliphatic carbocycles. The van der Waals surface area contributed by atoms with Crippen molar-refractivity contribution in [3.05, 3.63) is 83.4 Å². The highest BCUT2D eigenvalue weighted by molar-refractivity contribution is 7.92. The smallest absolute Gasteiger partial charge is 0.264 e. The fourth-order valence-electron chi connectivity index (χ4n) is 3.67. The molecule has 1 aliphatic heterocycles. The lowest BCUT2D eigenvalue weighted by molar-refractivity contribution is -0.120. The molecule has 0 spiro atoms. The van der Waals surface area contributed by atoms with Gasteiger partial charge in [-0.1, -0.05) is 29.8 Å². The van der Waals surface area contributed by atoms with Crippen molar-refractivity contribution in [2.75, 3.05) is 29.4 Å². The second-order valence-corrected chi connectivity index (χ2v) is 9.89. The van der Waals surface area contributed by atoms with Crippen LogP contribution in [0.25, 0.3) is 0 Å². The van der Waals surface area contributed by atoms with E-state index in [-0.39, 0.29) is 17.4 Å². The third-order valence-corrected chi connectivity index (χ3v) is 7.50. The summed E-state index contributed by atoms with van der Waals surface area (Å²) in [6.45, 7) is 0.581. The number of aryl methyl sites for hydroxylation is 1. The summed E-state index contributed by atoms with van der Waals surface area (Å²) < 4.78 is 32.5. The van der Waals surface area contributed by atoms with Gasteiger partial charge in [-0.05, 0) is 73.0 Å². The number of halogens is 1. The molecular weight excluding hydrogens is 448 g/mol. The topological polar surface area (TPSA) is 66.9 Å². The van der Waals surface area contributed by atoms with E-state index >= 15 is 0 Å². The lowest BCUT2D eigenvalue weighted by atomic mass is 10.0. The van der Waals surface area contributed by atoms with Gasteiger partial charge in [0.2, 0.25) is 0 Å². The highest BCUT2D eigenvalue weighted by Crippen LogP contribution is 2.28. The Morgan fingerprint density at radius 1 is 1.03 bits per heavy atom. The van der Waals surface area contributed by atoms with Gasteiger partial charge in [0.05, 0.1) is 10.6 Å². The molecule has 6 nitrogen and oxygen atoms in total. The largest absolute Gasteiger partial charge is 0.484 e. The van der Waals surface area contributed by atoms with Crippen molar-refractivity contribution in [1.29, 1.82) is 0 Å². The second-order valence-electron chi connectivity index (χ2n) is 7.49. The molecule has 0 atom stereocenters. The molecule has 3 aromatic rings. The normalized spacial score (nSPS) is 13.4. The fraction of sp³-hybridized carbons (Fsp3) is 0.208. The Hall–Kier alpha value is -3.03. The van der Waals surface area contributed by atoms with Gasteiger partial charge in [0.25, 0.3) is 15.9 Å². The van der Waals surface area contributed by atoms with Crippen molar-refractivity contribution in [1.82, 2.24) is 0 Å². The number of anilines is 2. The van der Waals surface area contributed by atoms with Gasteiger partial charge in [0.15, 0.2) is 6.61 Å². The van der Waals surface area contributed by atoms with Crippen LogP contribution in [0.15, 0.2) is 77.7 Å². The number of hydrogen-bond acceptors (Lipinski definition) is 4. The van der Waals surface area contributed by atoms with Crippen LogP contribution in [-0.2, 0) is 21.2 Å². The fourth-order valence-corrected chi connectivity index (χ4v) is 4.99. The SMILES string of the molecule is CN(c1ccc(OCC(=O)N2CCCc3ccccc32)cc1)S(=O)(=O)c1ccc(Cl)cc1. The monoisotopic (exact) mass is 470 g/mol. The maximum Gasteiger partial charge on any atom is 0.264 e. The van der Waals surface area contributed by atoms with E-state index in [1.807, 2.05) is 24.3 Å². The number of benzene rings is 3. The van der Waals surface area contributed by atoms with Crippen LogP contribution in [0.3, 0.4) is 0 Å². The summed E-state index contributed by atoms with van der Waals surface area (Å²) in [5.74, 6) is 0.383. The van der Waals surface area contributed by atoms with Crippen LogP contribution in [0.2, 0.25) is 5.02 Å². The minimum absolute atomic E-state index is 0.0907. The summed E-state index contributed by atoms with van der Waals surface area (Å²) in [7, 11) is -2.23. The summed E-state index contributed by atoms with van der Waals surface area (Å²) in [5, 5.41) is 0.468. The average Bonchev–Trinajstić information content (AvgIpc) is 2.82. The molecule has 3 aromatic carbocycles. The van der Waals surface area contributed by atoms with E-state index in [0.29, 0.717) is 23.0 Å². The number of rotatable bonds is 6. The number of fused-ring (bicyclic) bond motifs is 1. The predicted molar refractivity (Wildman–Crippen MR) is 126 cm³/mol. The minimum atomic E-state index is -3.72. The predicted octanol–water partition coefficient (Wildman–Crippen LogP) is 4.52. The third kappa shape index (κ3) is 4.59. The van der Waals surface area contributed by atoms with E-state index in [4.69, 9.17) is 16.3 Å². The Morgan fingerprint density at radius 2 is 1.72 bits per heavy atom. The van der Waals surface area contributed by atoms with Gasteiger partial charge in [-0.15, -0.1) is 0 Å². The van der Waals surface area contributed by atoms with E-state index < -0.39 is 10.0 Å². The molecule has 0 bridgehead atoms. The Morgan fingerprint density at radius 3 is 2.44 bits per heavy atom. The first kappa shape index (κ1) is 22.2. The highest BCUT2D eigenvalue weighted by atomic mass is 35.5. The summed E-state index contributed by atoms with van der Waals surface area (Å²) in [4.78, 5) is 14.6. The maximum atomic E-state index is 12.8. The molecule has 4 rings (SSSR count). The zero-order chi connectivity index (χ0) is 22.7. The lowest BCUT2D eigenvalue weighted by Gasteiger charge is -2.29. The van der Waals surface area contributed by atoms with Crippen molar-refractivity contribution < 1.29 is 17.9 Å². The standard InChI is InChI=1S/C24H23ClN2O4S/c1-26(32(29,30)22-14-8-19(25)9-15-22)20-10-12-21(13-11-20)31-17-24(28)27-16-4-6-18-5-2-3-7-23(18)27/h2-3,5,7-15H,4,6,16-17H2,1H3. The number of para-hydroxylation sites is 1. The molecule has 1 aliphatic rings. The van der Waals surface area contributed by atoms with Gasteiger partial charge < -0.3 is 9.64 Å². The summed E-state index contributed by atoms with van der Waals surface area (Å²) in [6, 6.07) is 20.5. The zero-order valence-electron chi connectivity index (χ0n) is 17.6. The van der Waals surface area contributed by atoms with E-state index in [1.54, 1.807) is 29.2 Å². The number of amides is 1. The van der Waals surface area contributed by atoms with E-state index in [0.717, 1.165) is 18.5 Å². The van der Waals surface area contributed by atoms with Gasteiger partial charge >= 0.3 is 0 Å². The average molecular weight is 471 g/mol. The first-order valence-electron chi connectivity index (χ1n) is 10.2. The molecule has 0 fully saturated rings. The molecule has 0 aromatic heterocycles. The van der Waals surface area contributed by atoms with Crippen molar-refractivity contribution in [2.45, 2.75) is 17.7 Å². The molecule has 32 heavy (non-hydrogen) atoms. The number of nitrogens with zero attached hydrogens (tertiary/aromatic N) is 2. The molecular formula is C24H23ClN2O4S. The van der Waals surface area contributed by atoms with Crippen molar-refractivity contribution in [3.63, 3.8) is 0 Å². The van der Waals surface area contributed by atoms with E-state index in [2.05, 4.69) is 0 Å². The Balaban J connectivity index is 1.41. The van der Waals surface area contributed by atoms with Crippen molar-refractivity contribution >= 4 is 38.9 Å². The molecule has 0 saturated carbocycles. The number of carbonyl (C=O) groups is 1. The third-order valence-electron chi connectivity index (χ3n) is 5.45. The first-order valence-corrected chi connectivity index (χ1v) is 12.0. The van der Waals surface area contributed by atoms with Crippen LogP contribution >= 0.6 is 11.6 Å². The van der Waals surface area contributed by atoms with Crippen LogP contribution < -0.4 is 13.9 Å². The zero-order valence-corrected chi connectivity index (χ0v) is 19.1. The number of ether oxygens (including phenoxy) is 1. The first-order chi connectivity index (χ1) is 15.4. The molecule has 0 unspecified atom stereocenters. The molecule has 1 heterocycles. The summed E-state index contributed by atoms with van der Waals surface area (Å²) in [6.07, 6.45) is 1.89. The maximum absolute atomic E-state index is 12.8. The van der Waals surface area contributed by atoms with Crippen LogP contribution in [-0.4, -0.2) is 34.5 Å². The lowest BCUT2D eigenvalue weighted by Crippen LogP contribution is -2.38. The van der Waals surface area contributed by atoms with Crippen LogP contribution in [0.1, 0.15) is 12.0 Å². The van der Waals surface area contributed by atoms with Crippen LogP contribution in [0.5, 0.6) is 5.75 Å². The van der Waals surface area contributed by atoms with Gasteiger partial charge in [-0.3, -0.25) is 9.10 Å². The highest BCUT2D eigenvalue weighted by Gasteiger charge is 2.23. The Labute approximate surface area is 193 Å². The van der Waals surface area contributed by atoms with E-state index in [9.17, 15) is 13.2 Å². The Bertz CT molecular complexity index is 1210. The van der Waals surface area contributed by atoms with Gasteiger partial charge in [0.1, 0.15) is 5.75 Å². The second kappa shape index (κ2) is 9.22.